The van der Waals surface area contributed by atoms with Gasteiger partial charge in [0.15, 0.2) is 0 Å². The Morgan fingerprint density at radius 2 is 1.97 bits per heavy atom. The lowest BCUT2D eigenvalue weighted by Gasteiger charge is -2.20. The smallest absolute Gasteiger partial charge is 0.343 e. The minimum Gasteiger partial charge on any atom is -0.492 e. The van der Waals surface area contributed by atoms with Gasteiger partial charge in [-0.2, -0.15) is 5.10 Å². The molecular formula is C24H32N4O6. The molecule has 3 rings (SSSR count). The highest BCUT2D eigenvalue weighted by Crippen LogP contribution is 2.24. The van der Waals surface area contributed by atoms with Gasteiger partial charge in [0, 0.05) is 57.0 Å². The van der Waals surface area contributed by atoms with E-state index in [2.05, 4.69) is 5.10 Å². The lowest BCUT2D eigenvalue weighted by molar-refractivity contribution is -0.146. The van der Waals surface area contributed by atoms with Crippen molar-refractivity contribution >= 4 is 17.7 Å². The fraction of sp³-hybridized carbons (Fsp3) is 0.542. The van der Waals surface area contributed by atoms with Crippen LogP contribution in [0.1, 0.15) is 48.3 Å². The number of ketones is 1. The van der Waals surface area contributed by atoms with E-state index in [9.17, 15) is 19.2 Å². The number of fused-ring (bicyclic) bond motifs is 1. The van der Waals surface area contributed by atoms with Gasteiger partial charge in [-0.05, 0) is 24.8 Å². The van der Waals surface area contributed by atoms with Gasteiger partial charge >= 0.3 is 5.97 Å². The van der Waals surface area contributed by atoms with Crippen molar-refractivity contribution in [2.45, 2.75) is 46.1 Å². The number of nitrogens with zero attached hydrogens (tertiary/aromatic N) is 4. The average molecular weight is 473 g/mol. The molecule has 1 aliphatic heterocycles. The maximum absolute atomic E-state index is 12.9. The molecule has 34 heavy (non-hydrogen) atoms. The van der Waals surface area contributed by atoms with Crippen LogP contribution in [0.3, 0.4) is 0 Å². The van der Waals surface area contributed by atoms with Gasteiger partial charge in [0.1, 0.15) is 11.3 Å². The zero-order chi connectivity index (χ0) is 24.8. The van der Waals surface area contributed by atoms with Crippen molar-refractivity contribution in [2.75, 3.05) is 26.8 Å². The number of pyridine rings is 1. The average Bonchev–Trinajstić information content (AvgIpc) is 3.12. The van der Waals surface area contributed by atoms with Crippen LogP contribution in [-0.4, -0.2) is 63.7 Å². The van der Waals surface area contributed by atoms with Gasteiger partial charge in [0.2, 0.25) is 5.78 Å². The molecule has 1 aliphatic rings. The molecule has 0 saturated carbocycles. The minimum absolute atomic E-state index is 0.171. The van der Waals surface area contributed by atoms with Crippen molar-refractivity contribution in [3.05, 3.63) is 45.6 Å². The van der Waals surface area contributed by atoms with Crippen LogP contribution in [-0.2, 0) is 40.8 Å². The molecule has 184 valence electrons. The third kappa shape index (κ3) is 5.55. The molecule has 1 atom stereocenters. The number of rotatable bonds is 9. The molecule has 0 fully saturated rings. The largest absolute Gasteiger partial charge is 0.492 e. The lowest BCUT2D eigenvalue weighted by Crippen LogP contribution is -2.40. The first-order chi connectivity index (χ1) is 16.3. The first-order valence-corrected chi connectivity index (χ1v) is 11.5. The molecule has 0 aliphatic carbocycles. The molecule has 0 unspecified atom stereocenters. The Labute approximate surface area is 198 Å². The molecular weight excluding hydrogens is 440 g/mol. The van der Waals surface area contributed by atoms with Crippen LogP contribution >= 0.6 is 0 Å². The molecule has 1 amide bonds. The Hall–Kier alpha value is -3.43. The number of aryl methyl sites for hydroxylation is 2. The fourth-order valence-electron chi connectivity index (χ4n) is 4.00. The molecule has 0 spiro atoms. The molecule has 0 radical (unpaired) electrons. The predicted molar refractivity (Wildman–Crippen MR) is 124 cm³/mol. The van der Waals surface area contributed by atoms with E-state index in [4.69, 9.17) is 9.47 Å². The second-order valence-corrected chi connectivity index (χ2v) is 8.50. The molecule has 0 N–H and O–H groups in total. The van der Waals surface area contributed by atoms with Crippen LogP contribution in [0, 0.1) is 5.92 Å². The summed E-state index contributed by atoms with van der Waals surface area (Å²) in [4.78, 5) is 52.1. The van der Waals surface area contributed by atoms with E-state index in [-0.39, 0.29) is 48.8 Å². The van der Waals surface area contributed by atoms with Gasteiger partial charge in [-0.3, -0.25) is 19.1 Å². The Morgan fingerprint density at radius 3 is 2.62 bits per heavy atom. The number of Topliss-reactive ketones (excluding diaryl/α,β-unsaturated/α-hetero) is 1. The maximum Gasteiger partial charge on any atom is 0.343 e. The van der Waals surface area contributed by atoms with E-state index in [1.165, 1.54) is 22.6 Å². The second kappa shape index (κ2) is 11.1. The standard InChI is InChI=1S/C24H32N4O6/c1-5-16(2)22(30)23(31)27-9-8-18-21(24(32)33-4)19(13-20(29)28(18)11-10-27)34-12-6-7-17-14-25-26(3)15-17/h13-16H,5-12H2,1-4H3/t16-/m1/s1. The summed E-state index contributed by atoms with van der Waals surface area (Å²) in [6, 6.07) is 1.29. The van der Waals surface area contributed by atoms with E-state index in [0.717, 1.165) is 12.0 Å². The monoisotopic (exact) mass is 472 g/mol. The third-order valence-electron chi connectivity index (χ3n) is 6.17. The number of carbonyl (C=O) groups is 3. The van der Waals surface area contributed by atoms with Crippen molar-refractivity contribution in [1.29, 1.82) is 0 Å². The van der Waals surface area contributed by atoms with Gasteiger partial charge in [0.25, 0.3) is 11.5 Å². The summed E-state index contributed by atoms with van der Waals surface area (Å²) >= 11 is 0. The zero-order valence-corrected chi connectivity index (χ0v) is 20.2. The van der Waals surface area contributed by atoms with E-state index in [1.807, 2.05) is 20.2 Å². The van der Waals surface area contributed by atoms with Crippen molar-refractivity contribution < 1.29 is 23.9 Å². The SMILES string of the molecule is CC[C@@H](C)C(=O)C(=O)N1CCc2c(C(=O)OC)c(OCCCc3cnn(C)c3)cc(=O)n2CC1. The second-order valence-electron chi connectivity index (χ2n) is 8.50. The number of amides is 1. The Bertz CT molecular complexity index is 1120. The number of ether oxygens (including phenoxy) is 2. The van der Waals surface area contributed by atoms with Crippen LogP contribution in [0.25, 0.3) is 0 Å². The fourth-order valence-corrected chi connectivity index (χ4v) is 4.00. The summed E-state index contributed by atoms with van der Waals surface area (Å²) in [6.07, 6.45) is 5.93. The summed E-state index contributed by atoms with van der Waals surface area (Å²) < 4.78 is 14.0. The van der Waals surface area contributed by atoms with Gasteiger partial charge in [-0.15, -0.1) is 0 Å². The molecule has 2 aromatic rings. The highest BCUT2D eigenvalue weighted by atomic mass is 16.5. The molecule has 10 nitrogen and oxygen atoms in total. The van der Waals surface area contributed by atoms with Crippen molar-refractivity contribution in [1.82, 2.24) is 19.2 Å². The predicted octanol–water partition coefficient (Wildman–Crippen LogP) is 1.38. The number of hydrogen-bond acceptors (Lipinski definition) is 7. The van der Waals surface area contributed by atoms with E-state index in [1.54, 1.807) is 17.8 Å². The van der Waals surface area contributed by atoms with E-state index < -0.39 is 17.7 Å². The van der Waals surface area contributed by atoms with Gasteiger partial charge in [-0.1, -0.05) is 13.8 Å². The van der Waals surface area contributed by atoms with E-state index in [0.29, 0.717) is 25.1 Å². The molecule has 0 saturated heterocycles. The van der Waals surface area contributed by atoms with Crippen LogP contribution < -0.4 is 10.3 Å². The Balaban J connectivity index is 1.80. The summed E-state index contributed by atoms with van der Waals surface area (Å²) in [5, 5.41) is 4.14. The molecule has 0 aromatic carbocycles. The van der Waals surface area contributed by atoms with Crippen molar-refractivity contribution in [2.24, 2.45) is 13.0 Å². The number of esters is 1. The number of methoxy groups -OCH3 is 1. The van der Waals surface area contributed by atoms with Gasteiger partial charge in [-0.25, -0.2) is 4.79 Å². The summed E-state index contributed by atoms with van der Waals surface area (Å²) in [5.74, 6) is -1.79. The zero-order valence-electron chi connectivity index (χ0n) is 20.2. The summed E-state index contributed by atoms with van der Waals surface area (Å²) in [6.45, 7) is 4.49. The van der Waals surface area contributed by atoms with E-state index >= 15 is 0 Å². The summed E-state index contributed by atoms with van der Waals surface area (Å²) in [5.41, 5.74) is 1.38. The minimum atomic E-state index is -0.610. The quantitative estimate of drug-likeness (QED) is 0.308. The van der Waals surface area contributed by atoms with Crippen LogP contribution in [0.15, 0.2) is 23.3 Å². The first kappa shape index (κ1) is 25.2. The van der Waals surface area contributed by atoms with Crippen LogP contribution in [0.4, 0.5) is 0 Å². The highest BCUT2D eigenvalue weighted by molar-refractivity contribution is 6.36. The van der Waals surface area contributed by atoms with Crippen LogP contribution in [0.2, 0.25) is 0 Å². The molecule has 2 aromatic heterocycles. The van der Waals surface area contributed by atoms with Gasteiger partial charge < -0.3 is 18.9 Å². The van der Waals surface area contributed by atoms with Crippen molar-refractivity contribution in [3.8, 4) is 5.75 Å². The number of carbonyl (C=O) groups excluding carboxylic acids is 3. The maximum atomic E-state index is 12.9. The first-order valence-electron chi connectivity index (χ1n) is 11.5. The van der Waals surface area contributed by atoms with Crippen LogP contribution in [0.5, 0.6) is 5.75 Å². The Kier molecular flexibility index (Phi) is 8.25. The third-order valence-corrected chi connectivity index (χ3v) is 6.17. The number of aromatic nitrogens is 3. The van der Waals surface area contributed by atoms with Crippen molar-refractivity contribution in [3.63, 3.8) is 0 Å². The highest BCUT2D eigenvalue weighted by Gasteiger charge is 2.30. The molecule has 3 heterocycles. The van der Waals surface area contributed by atoms with Gasteiger partial charge in [0.05, 0.1) is 19.9 Å². The molecule has 0 bridgehead atoms. The normalized spacial score (nSPS) is 14.2. The number of hydrogen-bond donors (Lipinski definition) is 0. The summed E-state index contributed by atoms with van der Waals surface area (Å²) in [7, 11) is 3.12. The topological polar surface area (TPSA) is 113 Å². The lowest BCUT2D eigenvalue weighted by atomic mass is 10.0. The molecule has 10 heteroatoms. The Morgan fingerprint density at radius 1 is 1.21 bits per heavy atom.